The van der Waals surface area contributed by atoms with Crippen molar-refractivity contribution in [2.75, 3.05) is 7.05 Å². The van der Waals surface area contributed by atoms with Crippen LogP contribution in [0.1, 0.15) is 11.1 Å². The van der Waals surface area contributed by atoms with Gasteiger partial charge in [0.05, 0.1) is 6.04 Å². The maximum atomic E-state index is 11.7. The van der Waals surface area contributed by atoms with E-state index in [2.05, 4.69) is 0 Å². The molecule has 0 aliphatic rings. The Bertz CT molecular complexity index is 581. The zero-order valence-electron chi connectivity index (χ0n) is 12.1. The van der Waals surface area contributed by atoms with Gasteiger partial charge in [-0.3, -0.25) is 9.69 Å². The molecule has 21 heavy (non-hydrogen) atoms. The molecule has 0 fully saturated rings. The molecular weight excluding hydrogens is 264 g/mol. The van der Waals surface area contributed by atoms with E-state index in [9.17, 15) is 9.90 Å². The van der Waals surface area contributed by atoms with E-state index in [1.165, 1.54) is 0 Å². The first kappa shape index (κ1) is 15.1. The number of primary amides is 1. The fourth-order valence-corrected chi connectivity index (χ4v) is 2.31. The van der Waals surface area contributed by atoms with Crippen LogP contribution in [0.15, 0.2) is 54.6 Å². The molecule has 0 aliphatic heterocycles. The Morgan fingerprint density at radius 2 is 1.71 bits per heavy atom. The van der Waals surface area contributed by atoms with Crippen molar-refractivity contribution in [1.82, 2.24) is 4.90 Å². The molecule has 0 saturated carbocycles. The molecule has 2 aromatic carbocycles. The minimum Gasteiger partial charge on any atom is -0.508 e. The highest BCUT2D eigenvalue weighted by atomic mass is 16.3. The number of carbonyl (C=O) groups is 1. The van der Waals surface area contributed by atoms with Crippen LogP contribution < -0.4 is 5.73 Å². The molecular formula is C17H20N2O2. The Balaban J connectivity index is 2.07. The molecule has 2 rings (SSSR count). The van der Waals surface area contributed by atoms with Gasteiger partial charge in [0.2, 0.25) is 5.91 Å². The third-order valence-electron chi connectivity index (χ3n) is 3.50. The van der Waals surface area contributed by atoms with Gasteiger partial charge < -0.3 is 10.8 Å². The van der Waals surface area contributed by atoms with Gasteiger partial charge in [0.25, 0.3) is 0 Å². The average Bonchev–Trinajstić information content (AvgIpc) is 2.47. The summed E-state index contributed by atoms with van der Waals surface area (Å²) in [5.74, 6) is -0.131. The summed E-state index contributed by atoms with van der Waals surface area (Å²) < 4.78 is 0. The number of benzene rings is 2. The van der Waals surface area contributed by atoms with Gasteiger partial charge in [-0.05, 0) is 36.7 Å². The predicted molar refractivity (Wildman–Crippen MR) is 82.7 cm³/mol. The number of carbonyl (C=O) groups excluding carboxylic acids is 1. The van der Waals surface area contributed by atoms with Crippen LogP contribution in [0.5, 0.6) is 5.75 Å². The van der Waals surface area contributed by atoms with Crippen LogP contribution >= 0.6 is 0 Å². The van der Waals surface area contributed by atoms with Gasteiger partial charge >= 0.3 is 0 Å². The number of nitrogens with zero attached hydrogens (tertiary/aromatic N) is 1. The summed E-state index contributed by atoms with van der Waals surface area (Å²) in [5, 5.41) is 9.30. The molecule has 3 N–H and O–H groups in total. The van der Waals surface area contributed by atoms with E-state index in [1.54, 1.807) is 12.1 Å². The van der Waals surface area contributed by atoms with Gasteiger partial charge in [-0.25, -0.2) is 0 Å². The summed E-state index contributed by atoms with van der Waals surface area (Å²) in [4.78, 5) is 13.7. The third-order valence-corrected chi connectivity index (χ3v) is 3.50. The maximum Gasteiger partial charge on any atom is 0.235 e. The van der Waals surface area contributed by atoms with Gasteiger partial charge in [-0.15, -0.1) is 0 Å². The van der Waals surface area contributed by atoms with Crippen molar-refractivity contribution in [2.45, 2.75) is 19.0 Å². The number of phenols is 1. The zero-order valence-corrected chi connectivity index (χ0v) is 12.1. The van der Waals surface area contributed by atoms with E-state index in [4.69, 9.17) is 5.73 Å². The van der Waals surface area contributed by atoms with Crippen LogP contribution in [0.25, 0.3) is 0 Å². The number of likely N-dealkylation sites (N-methyl/N-ethyl adjacent to an activating group) is 1. The highest BCUT2D eigenvalue weighted by Gasteiger charge is 2.21. The first-order valence-corrected chi connectivity index (χ1v) is 6.87. The Morgan fingerprint density at radius 1 is 1.10 bits per heavy atom. The average molecular weight is 284 g/mol. The first-order valence-electron chi connectivity index (χ1n) is 6.87. The Kier molecular flexibility index (Phi) is 4.95. The number of hydrogen-bond acceptors (Lipinski definition) is 3. The van der Waals surface area contributed by atoms with Gasteiger partial charge in [-0.2, -0.15) is 0 Å². The molecule has 1 amide bonds. The topological polar surface area (TPSA) is 66.6 Å². The van der Waals surface area contributed by atoms with Crippen LogP contribution in [0.4, 0.5) is 0 Å². The number of rotatable bonds is 6. The first-order chi connectivity index (χ1) is 10.1. The Hall–Kier alpha value is -2.33. The Labute approximate surface area is 124 Å². The van der Waals surface area contributed by atoms with Crippen molar-refractivity contribution in [2.24, 2.45) is 5.73 Å². The number of nitrogens with two attached hydrogens (primary N) is 1. The monoisotopic (exact) mass is 284 g/mol. The molecule has 0 bridgehead atoms. The van der Waals surface area contributed by atoms with Crippen LogP contribution in [0, 0.1) is 0 Å². The van der Waals surface area contributed by atoms with E-state index in [0.717, 1.165) is 11.1 Å². The fraction of sp³-hybridized carbons (Fsp3) is 0.235. The van der Waals surface area contributed by atoms with Crippen LogP contribution in [0.2, 0.25) is 0 Å². The van der Waals surface area contributed by atoms with Crippen LogP contribution in [-0.2, 0) is 17.8 Å². The summed E-state index contributed by atoms with van der Waals surface area (Å²) in [6, 6.07) is 16.4. The third kappa shape index (κ3) is 4.33. The lowest BCUT2D eigenvalue weighted by molar-refractivity contribution is -0.122. The highest BCUT2D eigenvalue weighted by Crippen LogP contribution is 2.14. The second kappa shape index (κ2) is 6.90. The standard InChI is InChI=1S/C17H20N2O2/c1-19(12-14-5-3-2-4-6-14)16(17(18)21)11-13-7-9-15(20)10-8-13/h2-10,16,20H,11-12H2,1H3,(H2,18,21). The molecule has 0 spiro atoms. The van der Waals surface area contributed by atoms with Crippen molar-refractivity contribution in [3.63, 3.8) is 0 Å². The van der Waals surface area contributed by atoms with E-state index < -0.39 is 0 Å². The smallest absolute Gasteiger partial charge is 0.235 e. The van der Waals surface area contributed by atoms with Crippen molar-refractivity contribution in [3.05, 3.63) is 65.7 Å². The number of phenolic OH excluding ortho intramolecular Hbond substituents is 1. The molecule has 0 aliphatic carbocycles. The lowest BCUT2D eigenvalue weighted by Gasteiger charge is -2.25. The van der Waals surface area contributed by atoms with Crippen molar-refractivity contribution in [3.8, 4) is 5.75 Å². The molecule has 110 valence electrons. The van der Waals surface area contributed by atoms with Gasteiger partial charge in [-0.1, -0.05) is 42.5 Å². The summed E-state index contributed by atoms with van der Waals surface area (Å²) in [6.07, 6.45) is 0.527. The van der Waals surface area contributed by atoms with Crippen molar-refractivity contribution >= 4 is 5.91 Å². The molecule has 1 atom stereocenters. The normalized spacial score (nSPS) is 12.3. The largest absolute Gasteiger partial charge is 0.508 e. The summed E-state index contributed by atoms with van der Waals surface area (Å²) in [5.41, 5.74) is 7.64. The van der Waals surface area contributed by atoms with E-state index in [0.29, 0.717) is 13.0 Å². The lowest BCUT2D eigenvalue weighted by atomic mass is 10.0. The Morgan fingerprint density at radius 3 is 2.29 bits per heavy atom. The molecule has 2 aromatic rings. The maximum absolute atomic E-state index is 11.7. The molecule has 4 nitrogen and oxygen atoms in total. The van der Waals surface area contributed by atoms with Crippen LogP contribution in [-0.4, -0.2) is 29.0 Å². The molecule has 4 heteroatoms. The van der Waals surface area contributed by atoms with E-state index >= 15 is 0 Å². The predicted octanol–water partition coefficient (Wildman–Crippen LogP) is 1.92. The number of hydrogen-bond donors (Lipinski definition) is 2. The summed E-state index contributed by atoms with van der Waals surface area (Å²) >= 11 is 0. The SMILES string of the molecule is CN(Cc1ccccc1)C(Cc1ccc(O)cc1)C(N)=O. The molecule has 0 aromatic heterocycles. The second-order valence-electron chi connectivity index (χ2n) is 5.19. The quantitative estimate of drug-likeness (QED) is 0.851. The molecule has 0 heterocycles. The fourth-order valence-electron chi connectivity index (χ4n) is 2.31. The van der Waals surface area contributed by atoms with Gasteiger partial charge in [0.15, 0.2) is 0 Å². The van der Waals surface area contributed by atoms with Crippen LogP contribution in [0.3, 0.4) is 0 Å². The second-order valence-corrected chi connectivity index (χ2v) is 5.19. The summed E-state index contributed by atoms with van der Waals surface area (Å²) in [7, 11) is 1.89. The summed E-state index contributed by atoms with van der Waals surface area (Å²) in [6.45, 7) is 0.659. The van der Waals surface area contributed by atoms with E-state index in [-0.39, 0.29) is 17.7 Å². The van der Waals surface area contributed by atoms with Crippen molar-refractivity contribution in [1.29, 1.82) is 0 Å². The minimum atomic E-state index is -0.380. The van der Waals surface area contributed by atoms with Crippen molar-refractivity contribution < 1.29 is 9.90 Å². The highest BCUT2D eigenvalue weighted by molar-refractivity contribution is 5.80. The molecule has 0 radical (unpaired) electrons. The molecule has 0 saturated heterocycles. The number of amides is 1. The minimum absolute atomic E-state index is 0.215. The lowest BCUT2D eigenvalue weighted by Crippen LogP contribution is -2.43. The number of aromatic hydroxyl groups is 1. The zero-order chi connectivity index (χ0) is 15.2. The van der Waals surface area contributed by atoms with Gasteiger partial charge in [0, 0.05) is 6.54 Å². The van der Waals surface area contributed by atoms with Gasteiger partial charge in [0.1, 0.15) is 5.75 Å². The van der Waals surface area contributed by atoms with E-state index in [1.807, 2.05) is 54.4 Å². The molecule has 1 unspecified atom stereocenters.